The molecule has 1 aromatic carbocycles. The molecule has 2 N–H and O–H groups in total. The highest BCUT2D eigenvalue weighted by atomic mass is 32.2. The van der Waals surface area contributed by atoms with Gasteiger partial charge in [-0.05, 0) is 19.1 Å². The Kier molecular flexibility index (Phi) is 7.15. The zero-order valence-corrected chi connectivity index (χ0v) is 13.0. The topological polar surface area (TPSA) is 58.2 Å². The fraction of sp³-hybridized carbons (Fsp3) is 0.467. The van der Waals surface area contributed by atoms with Crippen LogP contribution in [0.15, 0.2) is 35.2 Å². The minimum absolute atomic E-state index is 0.00552. The number of carbonyl (C=O) groups excluding carboxylic acids is 2. The minimum Gasteiger partial charge on any atom is -0.354 e. The highest BCUT2D eigenvalue weighted by molar-refractivity contribution is 8.00. The number of nitrogens with one attached hydrogen (secondary N) is 2. The number of amides is 2. The fourth-order valence-electron chi connectivity index (χ4n) is 1.48. The zero-order chi connectivity index (χ0) is 15.0. The molecule has 0 heterocycles. The molecule has 0 aliphatic rings. The third kappa shape index (κ3) is 6.10. The molecule has 0 bridgehead atoms. The number of hydrogen-bond donors (Lipinski definition) is 2. The van der Waals surface area contributed by atoms with E-state index in [2.05, 4.69) is 10.6 Å². The quantitative estimate of drug-likeness (QED) is 0.598. The number of carbonyl (C=O) groups is 2. The average Bonchev–Trinajstić information content (AvgIpc) is 2.43. The Bertz CT molecular complexity index is 435. The predicted octanol–water partition coefficient (Wildman–Crippen LogP) is 2.06. The van der Waals surface area contributed by atoms with Gasteiger partial charge in [-0.2, -0.15) is 0 Å². The Morgan fingerprint density at radius 3 is 2.10 bits per heavy atom. The van der Waals surface area contributed by atoms with Crippen LogP contribution < -0.4 is 10.6 Å². The van der Waals surface area contributed by atoms with Crippen LogP contribution in [-0.4, -0.2) is 30.2 Å². The zero-order valence-electron chi connectivity index (χ0n) is 12.2. The van der Waals surface area contributed by atoms with Crippen LogP contribution in [0.2, 0.25) is 0 Å². The van der Waals surface area contributed by atoms with Crippen molar-refractivity contribution in [3.63, 3.8) is 0 Å². The second-order valence-corrected chi connectivity index (χ2v) is 6.22. The molecule has 1 atom stereocenters. The van der Waals surface area contributed by atoms with Crippen LogP contribution in [0, 0.1) is 5.92 Å². The molecule has 110 valence electrons. The summed E-state index contributed by atoms with van der Waals surface area (Å²) in [4.78, 5) is 24.3. The molecular weight excluding hydrogens is 272 g/mol. The van der Waals surface area contributed by atoms with Crippen molar-refractivity contribution in [2.75, 3.05) is 13.1 Å². The maximum Gasteiger partial charge on any atom is 0.233 e. The van der Waals surface area contributed by atoms with Crippen LogP contribution in [0.5, 0.6) is 0 Å². The molecule has 1 unspecified atom stereocenters. The number of hydrogen-bond acceptors (Lipinski definition) is 3. The Balaban J connectivity index is 2.24. The molecule has 20 heavy (non-hydrogen) atoms. The fourth-order valence-corrected chi connectivity index (χ4v) is 2.39. The molecule has 0 aliphatic carbocycles. The average molecular weight is 294 g/mol. The van der Waals surface area contributed by atoms with Gasteiger partial charge in [-0.15, -0.1) is 11.8 Å². The van der Waals surface area contributed by atoms with Crippen molar-refractivity contribution >= 4 is 23.6 Å². The first kappa shape index (κ1) is 16.6. The predicted molar refractivity (Wildman–Crippen MR) is 82.6 cm³/mol. The van der Waals surface area contributed by atoms with Gasteiger partial charge in [-0.1, -0.05) is 32.0 Å². The summed E-state index contributed by atoms with van der Waals surface area (Å²) in [6.07, 6.45) is 0. The standard InChI is InChI=1S/C15H22N2O2S/c1-11(2)14(18)16-9-10-17-15(19)12(3)20-13-7-5-4-6-8-13/h4-8,11-12H,9-10H2,1-3H3,(H,16,18)(H,17,19). The van der Waals surface area contributed by atoms with E-state index < -0.39 is 0 Å². The lowest BCUT2D eigenvalue weighted by atomic mass is 10.2. The smallest absolute Gasteiger partial charge is 0.233 e. The summed E-state index contributed by atoms with van der Waals surface area (Å²) in [5, 5.41) is 5.43. The summed E-state index contributed by atoms with van der Waals surface area (Å²) < 4.78 is 0. The Hall–Kier alpha value is -1.49. The third-order valence-electron chi connectivity index (χ3n) is 2.67. The third-order valence-corrected chi connectivity index (χ3v) is 3.79. The maximum absolute atomic E-state index is 11.9. The van der Waals surface area contributed by atoms with Gasteiger partial charge >= 0.3 is 0 Å². The molecule has 0 saturated carbocycles. The highest BCUT2D eigenvalue weighted by Crippen LogP contribution is 2.22. The molecule has 4 nitrogen and oxygen atoms in total. The summed E-state index contributed by atoms with van der Waals surface area (Å²) in [6, 6.07) is 9.82. The van der Waals surface area contributed by atoms with E-state index in [4.69, 9.17) is 0 Å². The SMILES string of the molecule is CC(C)C(=O)NCCNC(=O)C(C)Sc1ccccc1. The van der Waals surface area contributed by atoms with Gasteiger partial charge in [-0.25, -0.2) is 0 Å². The van der Waals surface area contributed by atoms with Gasteiger partial charge in [0, 0.05) is 23.9 Å². The number of rotatable bonds is 7. The van der Waals surface area contributed by atoms with Gasteiger partial charge in [0.05, 0.1) is 5.25 Å². The van der Waals surface area contributed by atoms with E-state index >= 15 is 0 Å². The summed E-state index contributed by atoms with van der Waals surface area (Å²) in [7, 11) is 0. The first-order valence-electron chi connectivity index (χ1n) is 6.78. The highest BCUT2D eigenvalue weighted by Gasteiger charge is 2.13. The molecule has 1 rings (SSSR count). The molecule has 2 amide bonds. The van der Waals surface area contributed by atoms with E-state index in [1.165, 1.54) is 11.8 Å². The van der Waals surface area contributed by atoms with Crippen molar-refractivity contribution in [1.82, 2.24) is 10.6 Å². The van der Waals surface area contributed by atoms with Gasteiger partial charge in [-0.3, -0.25) is 9.59 Å². The molecule has 0 spiro atoms. The largest absolute Gasteiger partial charge is 0.354 e. The number of thioether (sulfide) groups is 1. The van der Waals surface area contributed by atoms with Crippen molar-refractivity contribution in [1.29, 1.82) is 0 Å². The molecule has 0 aliphatic heterocycles. The summed E-state index contributed by atoms with van der Waals surface area (Å²) >= 11 is 1.52. The van der Waals surface area contributed by atoms with Crippen molar-refractivity contribution in [2.24, 2.45) is 5.92 Å². The normalized spacial score (nSPS) is 12.0. The van der Waals surface area contributed by atoms with E-state index in [0.29, 0.717) is 13.1 Å². The van der Waals surface area contributed by atoms with Gasteiger partial charge < -0.3 is 10.6 Å². The molecule has 0 radical (unpaired) electrons. The molecule has 0 saturated heterocycles. The molecule has 0 fully saturated rings. The first-order valence-corrected chi connectivity index (χ1v) is 7.65. The van der Waals surface area contributed by atoms with Gasteiger partial charge in [0.1, 0.15) is 0 Å². The van der Waals surface area contributed by atoms with Crippen molar-refractivity contribution < 1.29 is 9.59 Å². The molecule has 1 aromatic rings. The maximum atomic E-state index is 11.9. The summed E-state index contributed by atoms with van der Waals surface area (Å²) in [5.41, 5.74) is 0. The Morgan fingerprint density at radius 1 is 1.00 bits per heavy atom. The van der Waals surface area contributed by atoms with Crippen LogP contribution in [0.25, 0.3) is 0 Å². The van der Waals surface area contributed by atoms with Crippen molar-refractivity contribution in [2.45, 2.75) is 30.9 Å². The lowest BCUT2D eigenvalue weighted by Crippen LogP contribution is -2.38. The second-order valence-electron chi connectivity index (χ2n) is 4.81. The second kappa shape index (κ2) is 8.64. The van der Waals surface area contributed by atoms with Gasteiger partial charge in [0.15, 0.2) is 0 Å². The van der Waals surface area contributed by atoms with Crippen LogP contribution in [0.1, 0.15) is 20.8 Å². The summed E-state index contributed by atoms with van der Waals surface area (Å²) in [6.45, 7) is 6.47. The molecule has 5 heteroatoms. The van der Waals surface area contributed by atoms with Crippen LogP contribution >= 0.6 is 11.8 Å². The van der Waals surface area contributed by atoms with Crippen LogP contribution in [0.4, 0.5) is 0 Å². The summed E-state index contributed by atoms with van der Waals surface area (Å²) in [5.74, 6) is -0.0399. The van der Waals surface area contributed by atoms with E-state index in [9.17, 15) is 9.59 Å². The lowest BCUT2D eigenvalue weighted by molar-refractivity contribution is -0.124. The minimum atomic E-state index is -0.154. The van der Waals surface area contributed by atoms with E-state index in [1.807, 2.05) is 51.1 Å². The van der Waals surface area contributed by atoms with Crippen molar-refractivity contribution in [3.8, 4) is 0 Å². The van der Waals surface area contributed by atoms with Gasteiger partial charge in [0.25, 0.3) is 0 Å². The van der Waals surface area contributed by atoms with E-state index in [0.717, 1.165) is 4.90 Å². The van der Waals surface area contributed by atoms with E-state index in [1.54, 1.807) is 0 Å². The van der Waals surface area contributed by atoms with Gasteiger partial charge in [0.2, 0.25) is 11.8 Å². The van der Waals surface area contributed by atoms with Crippen LogP contribution in [0.3, 0.4) is 0 Å². The Morgan fingerprint density at radius 2 is 1.55 bits per heavy atom. The lowest BCUT2D eigenvalue weighted by Gasteiger charge is -2.13. The molecule has 0 aromatic heterocycles. The first-order chi connectivity index (χ1) is 9.50. The Labute approximate surface area is 124 Å². The van der Waals surface area contributed by atoms with E-state index in [-0.39, 0.29) is 23.0 Å². The molecular formula is C15H22N2O2S. The number of benzene rings is 1. The van der Waals surface area contributed by atoms with Crippen LogP contribution in [-0.2, 0) is 9.59 Å². The monoisotopic (exact) mass is 294 g/mol. The van der Waals surface area contributed by atoms with Crippen molar-refractivity contribution in [3.05, 3.63) is 30.3 Å².